The third kappa shape index (κ3) is 6.24. The third-order valence-corrected chi connectivity index (χ3v) is 5.10. The summed E-state index contributed by atoms with van der Waals surface area (Å²) in [6.45, 7) is 0. The second-order valence-corrected chi connectivity index (χ2v) is 7.30. The number of unbranched alkanes of at least 4 members (excludes halogenated alkanes) is 3. The Hall–Kier alpha value is -3.02. The predicted octanol–water partition coefficient (Wildman–Crippen LogP) is 4.82. The van der Waals surface area contributed by atoms with Gasteiger partial charge < -0.3 is 10.4 Å². The summed E-state index contributed by atoms with van der Waals surface area (Å²) in [6, 6.07) is 13.7. The number of para-hydroxylation sites is 2. The van der Waals surface area contributed by atoms with Gasteiger partial charge in [-0.05, 0) is 43.5 Å². The van der Waals surface area contributed by atoms with Crippen LogP contribution in [0.4, 0.5) is 5.82 Å². The molecule has 1 atom stereocenters. The monoisotopic (exact) mass is 392 g/mol. The third-order valence-electron chi connectivity index (χ3n) is 5.10. The number of nitrogens with zero attached hydrogens (tertiary/aromatic N) is 3. The number of aromatic nitrogens is 3. The van der Waals surface area contributed by atoms with Gasteiger partial charge in [0.1, 0.15) is 5.82 Å². The van der Waals surface area contributed by atoms with E-state index in [-0.39, 0.29) is 12.3 Å². The molecule has 2 heterocycles. The highest BCUT2D eigenvalue weighted by Gasteiger charge is 2.17. The van der Waals surface area contributed by atoms with Gasteiger partial charge in [0.25, 0.3) is 0 Å². The topological polar surface area (TPSA) is 88.0 Å². The number of anilines is 1. The Kier molecular flexibility index (Phi) is 7.50. The summed E-state index contributed by atoms with van der Waals surface area (Å²) >= 11 is 0. The summed E-state index contributed by atoms with van der Waals surface area (Å²) < 4.78 is 0. The van der Waals surface area contributed by atoms with E-state index in [4.69, 9.17) is 0 Å². The van der Waals surface area contributed by atoms with E-state index in [0.29, 0.717) is 0 Å². The Morgan fingerprint density at radius 2 is 1.79 bits per heavy atom. The Balaban J connectivity index is 1.49. The highest BCUT2D eigenvalue weighted by atomic mass is 16.4. The lowest BCUT2D eigenvalue weighted by molar-refractivity contribution is -0.137. The van der Waals surface area contributed by atoms with E-state index in [1.807, 2.05) is 43.4 Å². The van der Waals surface area contributed by atoms with Crippen molar-refractivity contribution >= 4 is 22.8 Å². The van der Waals surface area contributed by atoms with Crippen LogP contribution in [0.1, 0.15) is 55.8 Å². The van der Waals surface area contributed by atoms with Crippen molar-refractivity contribution in [2.45, 2.75) is 50.9 Å². The van der Waals surface area contributed by atoms with E-state index in [2.05, 4.69) is 26.3 Å². The number of aliphatic carboxylic acids is 1. The molecule has 0 bridgehead atoms. The quantitative estimate of drug-likeness (QED) is 0.455. The molecule has 0 amide bonds. The molecule has 0 radical (unpaired) electrons. The second-order valence-electron chi connectivity index (χ2n) is 7.30. The summed E-state index contributed by atoms with van der Waals surface area (Å²) in [4.78, 5) is 25.0. The van der Waals surface area contributed by atoms with E-state index < -0.39 is 5.97 Å². The lowest BCUT2D eigenvalue weighted by atomic mass is 9.94. The fourth-order valence-electron chi connectivity index (χ4n) is 3.54. The van der Waals surface area contributed by atoms with E-state index in [9.17, 15) is 9.90 Å². The van der Waals surface area contributed by atoms with Crippen molar-refractivity contribution in [3.8, 4) is 0 Å². The Labute approximate surface area is 171 Å². The zero-order valence-electron chi connectivity index (χ0n) is 16.8. The van der Waals surface area contributed by atoms with Crippen LogP contribution in [-0.2, 0) is 11.2 Å². The average Bonchev–Trinajstić information content (AvgIpc) is 2.74. The minimum Gasteiger partial charge on any atom is -0.481 e. The molecule has 0 aliphatic rings. The van der Waals surface area contributed by atoms with Crippen LogP contribution in [-0.4, -0.2) is 33.1 Å². The number of fused-ring (bicyclic) bond motifs is 1. The van der Waals surface area contributed by atoms with Crippen molar-refractivity contribution in [3.05, 3.63) is 60.0 Å². The number of carboxylic acids is 1. The van der Waals surface area contributed by atoms with Gasteiger partial charge in [-0.15, -0.1) is 0 Å². The first-order valence-electron chi connectivity index (χ1n) is 10.2. The highest BCUT2D eigenvalue weighted by molar-refractivity contribution is 5.74. The molecule has 0 saturated carbocycles. The highest BCUT2D eigenvalue weighted by Crippen LogP contribution is 2.26. The Morgan fingerprint density at radius 1 is 1.00 bits per heavy atom. The van der Waals surface area contributed by atoms with Gasteiger partial charge in [-0.25, -0.2) is 9.97 Å². The molecule has 3 rings (SSSR count). The smallest absolute Gasteiger partial charge is 0.304 e. The molecule has 152 valence electrons. The first-order chi connectivity index (χ1) is 14.2. The van der Waals surface area contributed by atoms with E-state index in [0.717, 1.165) is 66.8 Å². The van der Waals surface area contributed by atoms with Crippen molar-refractivity contribution in [1.82, 2.24) is 15.0 Å². The zero-order valence-corrected chi connectivity index (χ0v) is 16.8. The number of rotatable bonds is 11. The maximum absolute atomic E-state index is 11.3. The largest absolute Gasteiger partial charge is 0.481 e. The van der Waals surface area contributed by atoms with Crippen molar-refractivity contribution in [3.63, 3.8) is 0 Å². The van der Waals surface area contributed by atoms with Crippen LogP contribution < -0.4 is 5.32 Å². The number of benzene rings is 1. The summed E-state index contributed by atoms with van der Waals surface area (Å²) in [6.07, 6.45) is 7.84. The number of pyridine rings is 1. The van der Waals surface area contributed by atoms with Crippen LogP contribution in [0.15, 0.2) is 48.7 Å². The normalized spacial score (nSPS) is 12.0. The lowest BCUT2D eigenvalue weighted by Gasteiger charge is -2.14. The Morgan fingerprint density at radius 3 is 2.59 bits per heavy atom. The van der Waals surface area contributed by atoms with E-state index in [1.54, 1.807) is 6.20 Å². The summed E-state index contributed by atoms with van der Waals surface area (Å²) in [5.41, 5.74) is 3.53. The molecule has 0 spiro atoms. The van der Waals surface area contributed by atoms with Crippen molar-refractivity contribution in [2.24, 2.45) is 0 Å². The first-order valence-corrected chi connectivity index (χ1v) is 10.2. The fourth-order valence-corrected chi connectivity index (χ4v) is 3.54. The minimum atomic E-state index is -0.791. The van der Waals surface area contributed by atoms with Crippen LogP contribution in [0.25, 0.3) is 11.0 Å². The molecule has 0 fully saturated rings. The Bertz CT molecular complexity index is 945. The van der Waals surface area contributed by atoms with Gasteiger partial charge in [-0.1, -0.05) is 37.5 Å². The van der Waals surface area contributed by atoms with Crippen LogP contribution in [0.5, 0.6) is 0 Å². The molecule has 6 nitrogen and oxygen atoms in total. The van der Waals surface area contributed by atoms with Gasteiger partial charge in [0.2, 0.25) is 0 Å². The van der Waals surface area contributed by atoms with Crippen LogP contribution >= 0.6 is 0 Å². The SMILES string of the molecule is CNc1cccc(CCCCCC[C@H](CC(=O)O)c2cnc3ccccc3n2)n1. The molecule has 1 aromatic carbocycles. The minimum absolute atomic E-state index is 0.0910. The van der Waals surface area contributed by atoms with Gasteiger partial charge in [0, 0.05) is 24.9 Å². The van der Waals surface area contributed by atoms with E-state index in [1.165, 1.54) is 0 Å². The predicted molar refractivity (Wildman–Crippen MR) is 115 cm³/mol. The zero-order chi connectivity index (χ0) is 20.5. The summed E-state index contributed by atoms with van der Waals surface area (Å²) in [5.74, 6) is 0.00883. The molecular weight excluding hydrogens is 364 g/mol. The maximum Gasteiger partial charge on any atom is 0.304 e. The molecule has 2 aromatic heterocycles. The van der Waals surface area contributed by atoms with Crippen LogP contribution in [0.3, 0.4) is 0 Å². The number of aryl methyl sites for hydroxylation is 1. The first kappa shape index (κ1) is 20.7. The number of nitrogens with one attached hydrogen (secondary N) is 1. The van der Waals surface area contributed by atoms with Gasteiger partial charge in [-0.2, -0.15) is 0 Å². The molecule has 6 heteroatoms. The van der Waals surface area contributed by atoms with Gasteiger partial charge >= 0.3 is 5.97 Å². The fraction of sp³-hybridized carbons (Fsp3) is 0.391. The van der Waals surface area contributed by atoms with Gasteiger partial charge in [0.05, 0.1) is 23.1 Å². The molecule has 29 heavy (non-hydrogen) atoms. The number of hydrogen-bond donors (Lipinski definition) is 2. The number of carboxylic acid groups (broad SMARTS) is 1. The molecule has 0 aliphatic heterocycles. The molecule has 0 aliphatic carbocycles. The summed E-state index contributed by atoms with van der Waals surface area (Å²) in [7, 11) is 1.87. The second kappa shape index (κ2) is 10.5. The van der Waals surface area contributed by atoms with Crippen LogP contribution in [0.2, 0.25) is 0 Å². The molecule has 0 unspecified atom stereocenters. The average molecular weight is 393 g/mol. The molecular formula is C23H28N4O2. The molecule has 3 aromatic rings. The van der Waals surface area contributed by atoms with Crippen molar-refractivity contribution in [1.29, 1.82) is 0 Å². The van der Waals surface area contributed by atoms with Crippen LogP contribution in [0, 0.1) is 0 Å². The van der Waals surface area contributed by atoms with E-state index >= 15 is 0 Å². The van der Waals surface area contributed by atoms with Gasteiger partial charge in [-0.3, -0.25) is 9.78 Å². The summed E-state index contributed by atoms with van der Waals surface area (Å²) in [5, 5.41) is 12.4. The number of hydrogen-bond acceptors (Lipinski definition) is 5. The molecule has 0 saturated heterocycles. The lowest BCUT2D eigenvalue weighted by Crippen LogP contribution is -2.09. The molecule has 2 N–H and O–H groups in total. The number of carbonyl (C=O) groups is 1. The standard InChI is InChI=1S/C23H28N4O2/c1-24-22-14-8-11-18(26-22)10-5-3-2-4-9-17(15-23(28)29)21-16-25-19-12-6-7-13-20(19)27-21/h6-8,11-14,16-17H,2-5,9-10,15H2,1H3,(H,24,26)(H,28,29)/t17-/m1/s1. The van der Waals surface area contributed by atoms with Gasteiger partial charge in [0.15, 0.2) is 0 Å². The maximum atomic E-state index is 11.3. The van der Waals surface area contributed by atoms with Crippen molar-refractivity contribution in [2.75, 3.05) is 12.4 Å². The van der Waals surface area contributed by atoms with Crippen molar-refractivity contribution < 1.29 is 9.90 Å².